The number of halogens is 1. The van der Waals surface area contributed by atoms with E-state index in [9.17, 15) is 14.9 Å². The van der Waals surface area contributed by atoms with Crippen molar-refractivity contribution in [2.24, 2.45) is 5.92 Å². The number of thiocarbonyl (C=S) groups is 1. The Morgan fingerprint density at radius 3 is 2.64 bits per heavy atom. The van der Waals surface area contributed by atoms with E-state index in [1.54, 1.807) is 24.3 Å². The third kappa shape index (κ3) is 6.28. The van der Waals surface area contributed by atoms with Crippen molar-refractivity contribution in [3.05, 3.63) is 62.6 Å². The Labute approximate surface area is 176 Å². The van der Waals surface area contributed by atoms with Crippen LogP contribution >= 0.6 is 28.1 Å². The summed E-state index contributed by atoms with van der Waals surface area (Å²) in [5, 5.41) is 16.3. The molecule has 0 saturated heterocycles. The molecule has 2 aromatic rings. The molecule has 0 radical (unpaired) electrons. The Hall–Kier alpha value is -2.52. The van der Waals surface area contributed by atoms with Gasteiger partial charge < -0.3 is 10.1 Å². The van der Waals surface area contributed by atoms with Crippen LogP contribution in [-0.2, 0) is 0 Å². The maximum Gasteiger partial charge on any atom is 0.270 e. The third-order valence-electron chi connectivity index (χ3n) is 3.72. The lowest BCUT2D eigenvalue weighted by molar-refractivity contribution is -0.384. The van der Waals surface area contributed by atoms with Crippen LogP contribution in [0.4, 0.5) is 11.4 Å². The molecule has 0 fully saturated rings. The summed E-state index contributed by atoms with van der Waals surface area (Å²) in [6.45, 7) is 4.71. The van der Waals surface area contributed by atoms with Gasteiger partial charge in [-0.15, -0.1) is 0 Å². The highest BCUT2D eigenvalue weighted by molar-refractivity contribution is 9.10. The standard InChI is InChI=1S/C19H20BrN3O4S/c1-12(2)9-10-27-17-6-4-3-5-14(17)18(24)22-19(28)21-16-8-7-13(23(25)26)11-15(16)20/h3-8,11-12H,9-10H2,1-2H3,(H2,21,22,24,28). The van der Waals surface area contributed by atoms with E-state index in [4.69, 9.17) is 17.0 Å². The molecule has 0 heterocycles. The summed E-state index contributed by atoms with van der Waals surface area (Å²) in [7, 11) is 0. The van der Waals surface area contributed by atoms with E-state index in [-0.39, 0.29) is 10.8 Å². The quantitative estimate of drug-likeness (QED) is 0.342. The van der Waals surface area contributed by atoms with E-state index >= 15 is 0 Å². The Morgan fingerprint density at radius 1 is 1.29 bits per heavy atom. The molecule has 9 heteroatoms. The number of rotatable bonds is 7. The number of benzene rings is 2. The number of carbonyl (C=O) groups excluding carboxylic acids is 1. The summed E-state index contributed by atoms with van der Waals surface area (Å²) in [6, 6.07) is 11.1. The third-order valence-corrected chi connectivity index (χ3v) is 4.58. The van der Waals surface area contributed by atoms with Gasteiger partial charge in [-0.3, -0.25) is 20.2 Å². The summed E-state index contributed by atoms with van der Waals surface area (Å²) in [4.78, 5) is 22.9. The lowest BCUT2D eigenvalue weighted by atomic mass is 10.1. The minimum Gasteiger partial charge on any atom is -0.493 e. The maximum atomic E-state index is 12.6. The van der Waals surface area contributed by atoms with Crippen LogP contribution in [0.25, 0.3) is 0 Å². The van der Waals surface area contributed by atoms with Crippen molar-refractivity contribution >= 4 is 50.5 Å². The molecule has 2 aromatic carbocycles. The summed E-state index contributed by atoms with van der Waals surface area (Å²) < 4.78 is 6.18. The molecule has 148 valence electrons. The van der Waals surface area contributed by atoms with Gasteiger partial charge in [-0.2, -0.15) is 0 Å². The van der Waals surface area contributed by atoms with E-state index < -0.39 is 10.8 Å². The lowest BCUT2D eigenvalue weighted by Gasteiger charge is -2.14. The fourth-order valence-corrected chi connectivity index (χ4v) is 2.90. The zero-order valence-electron chi connectivity index (χ0n) is 15.4. The average Bonchev–Trinajstić information content (AvgIpc) is 2.63. The van der Waals surface area contributed by atoms with Crippen LogP contribution in [0.5, 0.6) is 5.75 Å². The number of nitro groups is 1. The normalized spacial score (nSPS) is 10.4. The first-order valence-electron chi connectivity index (χ1n) is 8.56. The van der Waals surface area contributed by atoms with Crippen LogP contribution in [0.1, 0.15) is 30.6 Å². The molecule has 0 aliphatic carbocycles. The molecule has 2 rings (SSSR count). The number of nitrogens with one attached hydrogen (secondary N) is 2. The number of hydrogen-bond acceptors (Lipinski definition) is 5. The minimum atomic E-state index is -0.495. The molecule has 28 heavy (non-hydrogen) atoms. The molecule has 0 bridgehead atoms. The molecule has 0 aliphatic rings. The first-order chi connectivity index (χ1) is 13.3. The molecule has 0 aromatic heterocycles. The summed E-state index contributed by atoms with van der Waals surface area (Å²) in [5.74, 6) is 0.577. The largest absolute Gasteiger partial charge is 0.493 e. The fraction of sp³-hybridized carbons (Fsp3) is 0.263. The van der Waals surface area contributed by atoms with Crippen molar-refractivity contribution in [2.75, 3.05) is 11.9 Å². The van der Waals surface area contributed by atoms with Gasteiger partial charge in [0, 0.05) is 16.6 Å². The predicted molar refractivity (Wildman–Crippen MR) is 116 cm³/mol. The fourth-order valence-electron chi connectivity index (χ4n) is 2.23. The lowest BCUT2D eigenvalue weighted by Crippen LogP contribution is -2.34. The molecule has 2 N–H and O–H groups in total. The number of ether oxygens (including phenoxy) is 1. The van der Waals surface area contributed by atoms with Gasteiger partial charge in [-0.05, 0) is 58.7 Å². The molecular weight excluding hydrogens is 446 g/mol. The molecular formula is C19H20BrN3O4S. The van der Waals surface area contributed by atoms with Crippen molar-refractivity contribution in [1.29, 1.82) is 0 Å². The van der Waals surface area contributed by atoms with Crippen molar-refractivity contribution in [3.8, 4) is 5.75 Å². The van der Waals surface area contributed by atoms with Gasteiger partial charge in [-0.1, -0.05) is 26.0 Å². The van der Waals surface area contributed by atoms with Crippen LogP contribution in [-0.4, -0.2) is 22.5 Å². The van der Waals surface area contributed by atoms with E-state index in [1.807, 2.05) is 0 Å². The second-order valence-corrected chi connectivity index (χ2v) is 7.62. The topological polar surface area (TPSA) is 93.5 Å². The smallest absolute Gasteiger partial charge is 0.270 e. The van der Waals surface area contributed by atoms with Crippen LogP contribution in [0.2, 0.25) is 0 Å². The Bertz CT molecular complexity index is 889. The highest BCUT2D eigenvalue weighted by atomic mass is 79.9. The van der Waals surface area contributed by atoms with Gasteiger partial charge in [0.1, 0.15) is 5.75 Å². The second kappa shape index (κ2) is 10.1. The summed E-state index contributed by atoms with van der Waals surface area (Å²) in [6.07, 6.45) is 0.879. The van der Waals surface area contributed by atoms with Crippen LogP contribution in [0, 0.1) is 16.0 Å². The van der Waals surface area contributed by atoms with Crippen molar-refractivity contribution in [3.63, 3.8) is 0 Å². The first-order valence-corrected chi connectivity index (χ1v) is 9.76. The predicted octanol–water partition coefficient (Wildman–Crippen LogP) is 4.91. The number of anilines is 1. The van der Waals surface area contributed by atoms with E-state index in [0.717, 1.165) is 6.42 Å². The Morgan fingerprint density at radius 2 is 2.00 bits per heavy atom. The Balaban J connectivity index is 2.03. The van der Waals surface area contributed by atoms with Crippen molar-refractivity contribution < 1.29 is 14.5 Å². The van der Waals surface area contributed by atoms with Gasteiger partial charge in [0.05, 0.1) is 22.8 Å². The molecule has 0 spiro atoms. The minimum absolute atomic E-state index is 0.0557. The summed E-state index contributed by atoms with van der Waals surface area (Å²) in [5.41, 5.74) is 0.815. The molecule has 0 aliphatic heterocycles. The number of amides is 1. The van der Waals surface area contributed by atoms with E-state index in [2.05, 4.69) is 40.4 Å². The van der Waals surface area contributed by atoms with Crippen molar-refractivity contribution in [1.82, 2.24) is 5.32 Å². The van der Waals surface area contributed by atoms with Crippen LogP contribution in [0.15, 0.2) is 46.9 Å². The van der Waals surface area contributed by atoms with E-state index in [1.165, 1.54) is 18.2 Å². The number of carbonyl (C=O) groups is 1. The number of non-ortho nitro benzene ring substituents is 1. The zero-order valence-corrected chi connectivity index (χ0v) is 17.8. The van der Waals surface area contributed by atoms with Crippen molar-refractivity contribution in [2.45, 2.75) is 20.3 Å². The monoisotopic (exact) mass is 465 g/mol. The summed E-state index contributed by atoms with van der Waals surface area (Å²) >= 11 is 8.43. The van der Waals surface area contributed by atoms with Gasteiger partial charge >= 0.3 is 0 Å². The number of para-hydroxylation sites is 1. The average molecular weight is 466 g/mol. The number of hydrogen-bond donors (Lipinski definition) is 2. The molecule has 0 unspecified atom stereocenters. The maximum absolute atomic E-state index is 12.6. The molecule has 0 atom stereocenters. The van der Waals surface area contributed by atoms with Gasteiger partial charge in [0.2, 0.25) is 0 Å². The van der Waals surface area contributed by atoms with E-state index in [0.29, 0.717) is 34.0 Å². The van der Waals surface area contributed by atoms with Crippen LogP contribution < -0.4 is 15.4 Å². The first kappa shape index (κ1) is 21.8. The second-order valence-electron chi connectivity index (χ2n) is 6.36. The van der Waals surface area contributed by atoms with Gasteiger partial charge in [0.15, 0.2) is 5.11 Å². The molecule has 7 nitrogen and oxygen atoms in total. The van der Waals surface area contributed by atoms with Gasteiger partial charge in [-0.25, -0.2) is 0 Å². The Kier molecular flexibility index (Phi) is 7.89. The van der Waals surface area contributed by atoms with Crippen LogP contribution in [0.3, 0.4) is 0 Å². The molecule has 0 saturated carbocycles. The highest BCUT2D eigenvalue weighted by Crippen LogP contribution is 2.27. The van der Waals surface area contributed by atoms with Gasteiger partial charge in [0.25, 0.3) is 11.6 Å². The molecule has 1 amide bonds. The number of nitrogens with zero attached hydrogens (tertiary/aromatic N) is 1. The highest BCUT2D eigenvalue weighted by Gasteiger charge is 2.15. The zero-order chi connectivity index (χ0) is 20.7. The SMILES string of the molecule is CC(C)CCOc1ccccc1C(=O)NC(=S)Nc1ccc([N+](=O)[O-])cc1Br. The number of nitro benzene ring substituents is 1.